The van der Waals surface area contributed by atoms with E-state index < -0.39 is 23.5 Å². The van der Waals surface area contributed by atoms with Crippen LogP contribution >= 0.6 is 0 Å². The molecule has 1 aromatic heterocycles. The molecule has 38 heavy (non-hydrogen) atoms. The van der Waals surface area contributed by atoms with Crippen molar-refractivity contribution in [3.63, 3.8) is 0 Å². The van der Waals surface area contributed by atoms with Gasteiger partial charge in [-0.05, 0) is 46.0 Å². The van der Waals surface area contributed by atoms with Gasteiger partial charge < -0.3 is 11.1 Å². The SMILES string of the molecule is NC(=O)Nc1ccc(-c2cccc(C(F)(F)F)c2)c(-c2ccc(-c3ccccc3)cc2)c1-n1cnc(=O)[nH]1. The van der Waals surface area contributed by atoms with Crippen LogP contribution in [0.4, 0.5) is 23.7 Å². The lowest BCUT2D eigenvalue weighted by Gasteiger charge is -2.20. The second kappa shape index (κ2) is 9.74. The standard InChI is InChI=1S/C28H20F3N5O2/c29-28(30,31)21-8-4-7-20(15-21)22-13-14-23(34-26(32)37)25(36-16-33-27(38)35-36)24(22)19-11-9-18(10-12-19)17-5-2-1-3-6-17/h1-16H,(H,35,38)(H3,32,34,37). The van der Waals surface area contributed by atoms with Gasteiger partial charge in [-0.25, -0.2) is 19.4 Å². The molecule has 0 unspecified atom stereocenters. The molecule has 10 heteroatoms. The highest BCUT2D eigenvalue weighted by atomic mass is 19.4. The number of benzene rings is 4. The minimum Gasteiger partial charge on any atom is -0.351 e. The van der Waals surface area contributed by atoms with Gasteiger partial charge in [0.2, 0.25) is 0 Å². The van der Waals surface area contributed by atoms with Crippen LogP contribution in [-0.2, 0) is 6.18 Å². The summed E-state index contributed by atoms with van der Waals surface area (Å²) in [4.78, 5) is 27.4. The molecule has 0 spiro atoms. The monoisotopic (exact) mass is 515 g/mol. The quantitative estimate of drug-likeness (QED) is 0.264. The summed E-state index contributed by atoms with van der Waals surface area (Å²) >= 11 is 0. The van der Waals surface area contributed by atoms with Crippen molar-refractivity contribution >= 4 is 11.7 Å². The predicted octanol–water partition coefficient (Wildman–Crippen LogP) is 6.07. The Bertz CT molecular complexity index is 1670. The summed E-state index contributed by atoms with van der Waals surface area (Å²) in [6, 6.07) is 24.3. The zero-order valence-electron chi connectivity index (χ0n) is 19.7. The summed E-state index contributed by atoms with van der Waals surface area (Å²) in [6.45, 7) is 0. The number of amides is 2. The third-order valence-corrected chi connectivity index (χ3v) is 5.96. The Hall–Kier alpha value is -5.12. The first-order chi connectivity index (χ1) is 18.2. The second-order valence-corrected chi connectivity index (χ2v) is 8.43. The summed E-state index contributed by atoms with van der Waals surface area (Å²) in [5.41, 5.74) is 8.15. The summed E-state index contributed by atoms with van der Waals surface area (Å²) in [7, 11) is 0. The number of aromatic nitrogens is 3. The van der Waals surface area contributed by atoms with Crippen LogP contribution in [0, 0.1) is 0 Å². The van der Waals surface area contributed by atoms with E-state index in [1.807, 2.05) is 54.6 Å². The van der Waals surface area contributed by atoms with Crippen molar-refractivity contribution in [3.8, 4) is 39.1 Å². The van der Waals surface area contributed by atoms with E-state index in [0.29, 0.717) is 16.7 Å². The Morgan fingerprint density at radius 3 is 2.13 bits per heavy atom. The van der Waals surface area contributed by atoms with Crippen molar-refractivity contribution in [2.24, 2.45) is 5.73 Å². The Morgan fingerprint density at radius 1 is 0.842 bits per heavy atom. The molecule has 0 radical (unpaired) electrons. The smallest absolute Gasteiger partial charge is 0.351 e. The predicted molar refractivity (Wildman–Crippen MR) is 139 cm³/mol. The maximum absolute atomic E-state index is 13.6. The largest absolute Gasteiger partial charge is 0.416 e. The molecule has 0 atom stereocenters. The molecule has 7 nitrogen and oxygen atoms in total. The van der Waals surface area contributed by atoms with E-state index in [9.17, 15) is 22.8 Å². The summed E-state index contributed by atoms with van der Waals surface area (Å²) in [5.74, 6) is 0. The first-order valence-electron chi connectivity index (χ1n) is 11.4. The molecule has 4 N–H and O–H groups in total. The van der Waals surface area contributed by atoms with Crippen LogP contribution in [0.15, 0.2) is 102 Å². The summed E-state index contributed by atoms with van der Waals surface area (Å²) < 4.78 is 42.0. The molecule has 0 fully saturated rings. The van der Waals surface area contributed by atoms with Crippen LogP contribution in [0.2, 0.25) is 0 Å². The zero-order chi connectivity index (χ0) is 26.9. The molecule has 0 saturated heterocycles. The number of rotatable bonds is 5. The van der Waals surface area contributed by atoms with Crippen LogP contribution in [-0.4, -0.2) is 20.8 Å². The Labute approximate surface area is 214 Å². The molecule has 0 bridgehead atoms. The van der Waals surface area contributed by atoms with Crippen LogP contribution in [0.3, 0.4) is 0 Å². The molecule has 4 aromatic carbocycles. The van der Waals surface area contributed by atoms with Gasteiger partial charge >= 0.3 is 17.9 Å². The van der Waals surface area contributed by atoms with Gasteiger partial charge in [-0.1, -0.05) is 72.8 Å². The molecule has 190 valence electrons. The van der Waals surface area contributed by atoms with Crippen molar-refractivity contribution in [1.82, 2.24) is 14.8 Å². The van der Waals surface area contributed by atoms with Crippen molar-refractivity contribution in [2.75, 3.05) is 5.32 Å². The molecule has 0 aliphatic heterocycles. The number of nitrogens with zero attached hydrogens (tertiary/aromatic N) is 2. The van der Waals surface area contributed by atoms with E-state index in [2.05, 4.69) is 15.4 Å². The Kier molecular flexibility index (Phi) is 6.29. The number of nitrogens with two attached hydrogens (primary N) is 1. The number of carbonyl (C=O) groups is 1. The van der Waals surface area contributed by atoms with E-state index in [-0.39, 0.29) is 16.9 Å². The van der Waals surface area contributed by atoms with E-state index in [1.165, 1.54) is 23.1 Å². The lowest BCUT2D eigenvalue weighted by molar-refractivity contribution is -0.137. The average Bonchev–Trinajstić information content (AvgIpc) is 3.34. The van der Waals surface area contributed by atoms with Gasteiger partial charge in [-0.15, -0.1) is 0 Å². The molecule has 0 saturated carbocycles. The van der Waals surface area contributed by atoms with Gasteiger partial charge in [-0.3, -0.25) is 0 Å². The first-order valence-corrected chi connectivity index (χ1v) is 11.4. The molecule has 5 rings (SSSR count). The number of primary amides is 1. The highest BCUT2D eigenvalue weighted by Gasteiger charge is 2.31. The van der Waals surface area contributed by atoms with Gasteiger partial charge in [0, 0.05) is 5.56 Å². The molecule has 0 aliphatic rings. The second-order valence-electron chi connectivity index (χ2n) is 8.43. The van der Waals surface area contributed by atoms with Gasteiger partial charge in [0.1, 0.15) is 6.33 Å². The maximum atomic E-state index is 13.6. The summed E-state index contributed by atoms with van der Waals surface area (Å²) in [5, 5.41) is 5.08. The van der Waals surface area contributed by atoms with Crippen molar-refractivity contribution in [2.45, 2.75) is 6.18 Å². The number of carbonyl (C=O) groups excluding carboxylic acids is 1. The van der Waals surface area contributed by atoms with Crippen molar-refractivity contribution < 1.29 is 18.0 Å². The number of urea groups is 1. The molecule has 1 heterocycles. The van der Waals surface area contributed by atoms with Gasteiger partial charge in [0.05, 0.1) is 16.9 Å². The highest BCUT2D eigenvalue weighted by molar-refractivity contribution is 5.98. The lowest BCUT2D eigenvalue weighted by Crippen LogP contribution is -2.21. The third-order valence-electron chi connectivity index (χ3n) is 5.96. The molecular weight excluding hydrogens is 495 g/mol. The Morgan fingerprint density at radius 2 is 1.50 bits per heavy atom. The van der Waals surface area contributed by atoms with Crippen molar-refractivity contribution in [1.29, 1.82) is 0 Å². The fourth-order valence-corrected chi connectivity index (χ4v) is 4.32. The minimum absolute atomic E-state index is 0.226. The highest BCUT2D eigenvalue weighted by Crippen LogP contribution is 2.42. The van der Waals surface area contributed by atoms with Crippen LogP contribution in [0.25, 0.3) is 39.1 Å². The topological polar surface area (TPSA) is 106 Å². The van der Waals surface area contributed by atoms with E-state index in [1.54, 1.807) is 12.1 Å². The first kappa shape index (κ1) is 24.6. The van der Waals surface area contributed by atoms with Crippen LogP contribution in [0.1, 0.15) is 5.56 Å². The fourth-order valence-electron chi connectivity index (χ4n) is 4.32. The van der Waals surface area contributed by atoms with Crippen LogP contribution in [0.5, 0.6) is 0 Å². The normalized spacial score (nSPS) is 11.3. The summed E-state index contributed by atoms with van der Waals surface area (Å²) in [6.07, 6.45) is -3.32. The van der Waals surface area contributed by atoms with E-state index >= 15 is 0 Å². The number of halogens is 3. The van der Waals surface area contributed by atoms with Gasteiger partial charge in [-0.2, -0.15) is 18.2 Å². The number of anilines is 1. The number of H-pyrrole nitrogens is 1. The number of aromatic amines is 1. The van der Waals surface area contributed by atoms with Gasteiger partial charge in [0.25, 0.3) is 0 Å². The number of alkyl halides is 3. The minimum atomic E-state index is -4.54. The maximum Gasteiger partial charge on any atom is 0.416 e. The number of hydrogen-bond acceptors (Lipinski definition) is 3. The zero-order valence-corrected chi connectivity index (χ0v) is 19.7. The third kappa shape index (κ3) is 4.92. The lowest BCUT2D eigenvalue weighted by atomic mass is 9.90. The van der Waals surface area contributed by atoms with Crippen molar-refractivity contribution in [3.05, 3.63) is 113 Å². The molecule has 5 aromatic rings. The fraction of sp³-hybridized carbons (Fsp3) is 0.0357. The molecule has 0 aliphatic carbocycles. The number of hydrogen-bond donors (Lipinski definition) is 3. The number of nitrogens with one attached hydrogen (secondary N) is 2. The molecule has 2 amide bonds. The van der Waals surface area contributed by atoms with E-state index in [0.717, 1.165) is 23.3 Å². The van der Waals surface area contributed by atoms with Crippen LogP contribution < -0.4 is 16.7 Å². The molecular formula is C28H20F3N5O2. The Balaban J connectivity index is 1.79. The van der Waals surface area contributed by atoms with E-state index in [4.69, 9.17) is 5.73 Å². The van der Waals surface area contributed by atoms with Gasteiger partial charge in [0.15, 0.2) is 0 Å². The average molecular weight is 515 g/mol.